The summed E-state index contributed by atoms with van der Waals surface area (Å²) in [6, 6.07) is 15.2. The Hall–Kier alpha value is -3.28. The minimum absolute atomic E-state index is 0.260. The van der Waals surface area contributed by atoms with Crippen LogP contribution in [0.2, 0.25) is 0 Å². The highest BCUT2D eigenvalue weighted by Gasteiger charge is 2.48. The number of Topliss-reactive ketones (excluding diaryl/α,β-unsaturated/α-hetero) is 1. The number of ether oxygens (including phenoxy) is 2. The van der Waals surface area contributed by atoms with Gasteiger partial charge in [0.15, 0.2) is 5.60 Å². The number of ketones is 1. The van der Waals surface area contributed by atoms with Gasteiger partial charge >= 0.3 is 0 Å². The van der Waals surface area contributed by atoms with Gasteiger partial charge in [0.05, 0.1) is 7.11 Å². The van der Waals surface area contributed by atoms with Gasteiger partial charge in [-0.05, 0) is 31.2 Å². The fraction of sp³-hybridized carbons (Fsp3) is 0.158. The smallest absolute Gasteiger partial charge is 0.258 e. The van der Waals surface area contributed by atoms with Gasteiger partial charge in [-0.15, -0.1) is 0 Å². The summed E-state index contributed by atoms with van der Waals surface area (Å²) in [5.41, 5.74) is -0.557. The third-order valence-corrected chi connectivity index (χ3v) is 4.05. The topological polar surface area (TPSA) is 84.9 Å². The molecule has 25 heavy (non-hydrogen) atoms. The van der Waals surface area contributed by atoms with Gasteiger partial charge < -0.3 is 14.6 Å². The third kappa shape index (κ3) is 2.94. The van der Waals surface area contributed by atoms with Crippen molar-refractivity contribution in [3.05, 3.63) is 77.4 Å². The molecule has 3 rings (SSSR count). The highest BCUT2D eigenvalue weighted by Crippen LogP contribution is 2.38. The van der Waals surface area contributed by atoms with E-state index in [9.17, 15) is 14.7 Å². The summed E-state index contributed by atoms with van der Waals surface area (Å²) in [5.74, 6) is -1.44. The number of aliphatic hydroxyl groups excluding tert-OH is 1. The fourth-order valence-corrected chi connectivity index (χ4v) is 2.59. The van der Waals surface area contributed by atoms with E-state index in [1.54, 1.807) is 54.6 Å². The molecule has 0 radical (unpaired) electrons. The Balaban J connectivity index is 1.86. The SMILES string of the molecule is COc1cccc(C2(C)OC(NC(=O)c3ccccc3)=C(O)C2=O)c1. The van der Waals surface area contributed by atoms with Crippen LogP contribution in [0.3, 0.4) is 0 Å². The normalized spacial score (nSPS) is 19.5. The number of amides is 1. The van der Waals surface area contributed by atoms with Crippen LogP contribution < -0.4 is 10.1 Å². The van der Waals surface area contributed by atoms with E-state index in [2.05, 4.69) is 5.32 Å². The predicted octanol–water partition coefficient (Wildman–Crippen LogP) is 2.67. The van der Waals surface area contributed by atoms with E-state index in [1.807, 2.05) is 0 Å². The second kappa shape index (κ2) is 6.32. The van der Waals surface area contributed by atoms with Gasteiger partial charge in [0.1, 0.15) is 5.75 Å². The largest absolute Gasteiger partial charge is 0.501 e. The molecule has 1 heterocycles. The van der Waals surface area contributed by atoms with Gasteiger partial charge in [0, 0.05) is 11.1 Å². The van der Waals surface area contributed by atoms with Crippen LogP contribution in [0.4, 0.5) is 0 Å². The van der Waals surface area contributed by atoms with Crippen molar-refractivity contribution in [2.24, 2.45) is 0 Å². The molecule has 6 heteroatoms. The number of hydrogen-bond donors (Lipinski definition) is 2. The molecule has 0 aromatic heterocycles. The lowest BCUT2D eigenvalue weighted by Gasteiger charge is -2.24. The van der Waals surface area contributed by atoms with E-state index < -0.39 is 23.1 Å². The second-order valence-electron chi connectivity index (χ2n) is 5.69. The summed E-state index contributed by atoms with van der Waals surface area (Å²) >= 11 is 0. The molecule has 2 aromatic rings. The van der Waals surface area contributed by atoms with Gasteiger partial charge in [-0.3, -0.25) is 14.9 Å². The molecule has 1 unspecified atom stereocenters. The van der Waals surface area contributed by atoms with E-state index in [4.69, 9.17) is 9.47 Å². The summed E-state index contributed by atoms with van der Waals surface area (Å²) in [4.78, 5) is 24.8. The van der Waals surface area contributed by atoms with Crippen LogP contribution in [0.15, 0.2) is 66.2 Å². The van der Waals surface area contributed by atoms with Crippen LogP contribution >= 0.6 is 0 Å². The van der Waals surface area contributed by atoms with Crippen molar-refractivity contribution in [3.63, 3.8) is 0 Å². The van der Waals surface area contributed by atoms with Crippen molar-refractivity contribution < 1.29 is 24.2 Å². The highest BCUT2D eigenvalue weighted by atomic mass is 16.5. The Kier molecular flexibility index (Phi) is 4.19. The molecule has 1 atom stereocenters. The number of rotatable bonds is 4. The molecule has 1 aliphatic rings. The molecule has 0 spiro atoms. The molecule has 0 fully saturated rings. The van der Waals surface area contributed by atoms with Crippen LogP contribution in [-0.4, -0.2) is 23.9 Å². The maximum absolute atomic E-state index is 12.5. The Labute approximate surface area is 144 Å². The lowest BCUT2D eigenvalue weighted by atomic mass is 9.91. The van der Waals surface area contributed by atoms with Crippen LogP contribution in [-0.2, 0) is 15.1 Å². The number of hydrogen-bond acceptors (Lipinski definition) is 5. The minimum atomic E-state index is -1.45. The Bertz CT molecular complexity index is 859. The quantitative estimate of drug-likeness (QED) is 0.894. The maximum Gasteiger partial charge on any atom is 0.258 e. The van der Waals surface area contributed by atoms with Gasteiger partial charge in [-0.1, -0.05) is 30.3 Å². The average Bonchev–Trinajstić information content (AvgIpc) is 2.87. The molecule has 2 N–H and O–H groups in total. The second-order valence-corrected chi connectivity index (χ2v) is 5.69. The summed E-state index contributed by atoms with van der Waals surface area (Å²) in [5, 5.41) is 12.6. The molecule has 1 aliphatic heterocycles. The summed E-state index contributed by atoms with van der Waals surface area (Å²) in [6.45, 7) is 1.53. The third-order valence-electron chi connectivity index (χ3n) is 4.05. The number of nitrogens with one attached hydrogen (secondary N) is 1. The standard InChI is InChI=1S/C19H17NO5/c1-19(13-9-6-10-14(11-13)24-2)16(22)15(21)18(25-19)20-17(23)12-7-4-3-5-8-12/h3-11,21H,1-2H3,(H,20,23). The van der Waals surface area contributed by atoms with Crippen molar-refractivity contribution >= 4 is 11.7 Å². The molecular weight excluding hydrogens is 322 g/mol. The van der Waals surface area contributed by atoms with Crippen molar-refractivity contribution in [1.82, 2.24) is 5.32 Å². The van der Waals surface area contributed by atoms with Crippen LogP contribution in [0.1, 0.15) is 22.8 Å². The first kappa shape index (κ1) is 16.6. The molecule has 1 amide bonds. The van der Waals surface area contributed by atoms with Crippen molar-refractivity contribution in [2.75, 3.05) is 7.11 Å². The molecule has 6 nitrogen and oxygen atoms in total. The minimum Gasteiger partial charge on any atom is -0.501 e. The van der Waals surface area contributed by atoms with Crippen LogP contribution in [0.5, 0.6) is 5.75 Å². The fourth-order valence-electron chi connectivity index (χ4n) is 2.59. The first-order valence-corrected chi connectivity index (χ1v) is 7.63. The van der Waals surface area contributed by atoms with E-state index in [-0.39, 0.29) is 5.88 Å². The number of carbonyl (C=O) groups is 2. The molecule has 0 aliphatic carbocycles. The van der Waals surface area contributed by atoms with Gasteiger partial charge in [-0.2, -0.15) is 0 Å². The molecule has 128 valence electrons. The monoisotopic (exact) mass is 339 g/mol. The zero-order chi connectivity index (χ0) is 18.0. The number of carbonyl (C=O) groups excluding carboxylic acids is 2. The zero-order valence-corrected chi connectivity index (χ0v) is 13.8. The number of aliphatic hydroxyl groups is 1. The Morgan fingerprint density at radius 3 is 2.56 bits per heavy atom. The Morgan fingerprint density at radius 1 is 1.16 bits per heavy atom. The van der Waals surface area contributed by atoms with E-state index in [0.29, 0.717) is 16.9 Å². The van der Waals surface area contributed by atoms with Crippen LogP contribution in [0.25, 0.3) is 0 Å². The summed E-state index contributed by atoms with van der Waals surface area (Å²) < 4.78 is 10.8. The zero-order valence-electron chi connectivity index (χ0n) is 13.8. The lowest BCUT2D eigenvalue weighted by molar-refractivity contribution is -0.131. The Morgan fingerprint density at radius 2 is 1.88 bits per heavy atom. The average molecular weight is 339 g/mol. The van der Waals surface area contributed by atoms with Gasteiger partial charge in [0.25, 0.3) is 11.7 Å². The van der Waals surface area contributed by atoms with E-state index in [0.717, 1.165) is 0 Å². The number of methoxy groups -OCH3 is 1. The molecule has 0 saturated heterocycles. The van der Waals surface area contributed by atoms with E-state index >= 15 is 0 Å². The molecular formula is C19H17NO5. The van der Waals surface area contributed by atoms with Gasteiger partial charge in [0.2, 0.25) is 11.6 Å². The lowest BCUT2D eigenvalue weighted by Crippen LogP contribution is -2.32. The molecule has 0 saturated carbocycles. The van der Waals surface area contributed by atoms with Crippen molar-refractivity contribution in [3.8, 4) is 5.75 Å². The predicted molar refractivity (Wildman–Crippen MR) is 90.0 cm³/mol. The van der Waals surface area contributed by atoms with Crippen molar-refractivity contribution in [2.45, 2.75) is 12.5 Å². The summed E-state index contributed by atoms with van der Waals surface area (Å²) in [6.07, 6.45) is 0. The van der Waals surface area contributed by atoms with E-state index in [1.165, 1.54) is 14.0 Å². The van der Waals surface area contributed by atoms with Crippen molar-refractivity contribution in [1.29, 1.82) is 0 Å². The maximum atomic E-state index is 12.5. The number of benzene rings is 2. The highest BCUT2D eigenvalue weighted by molar-refractivity contribution is 6.04. The molecule has 2 aromatic carbocycles. The molecule has 0 bridgehead atoms. The van der Waals surface area contributed by atoms with Gasteiger partial charge in [-0.25, -0.2) is 0 Å². The summed E-state index contributed by atoms with van der Waals surface area (Å²) in [7, 11) is 1.51. The first-order valence-electron chi connectivity index (χ1n) is 7.63. The van der Waals surface area contributed by atoms with Crippen LogP contribution in [0, 0.1) is 0 Å². The first-order chi connectivity index (χ1) is 12.0.